The number of carbonyl (C=O) groups excluding carboxylic acids is 2. The quantitative estimate of drug-likeness (QED) is 0.218. The second-order valence-electron chi connectivity index (χ2n) is 9.56. The first-order valence-electron chi connectivity index (χ1n) is 11.6. The van der Waals surface area contributed by atoms with Gasteiger partial charge in [-0.3, -0.25) is 0 Å². The molecule has 0 heterocycles. The second-order valence-corrected chi connectivity index (χ2v) is 9.56. The molecule has 188 valence electrons. The second kappa shape index (κ2) is 11.3. The zero-order chi connectivity index (χ0) is 26.5. The predicted molar refractivity (Wildman–Crippen MR) is 137 cm³/mol. The molecule has 0 saturated heterocycles. The van der Waals surface area contributed by atoms with Gasteiger partial charge in [-0.05, 0) is 53.7 Å². The van der Waals surface area contributed by atoms with E-state index in [1.807, 2.05) is 53.7 Å². The molecule has 0 spiro atoms. The first kappa shape index (κ1) is 27.7. The molecule has 0 amide bonds. The standard InChI is InChI=1S/C29H36O6/c1-17(2)27(30)34-23-15-11-13-21(25(23)32-19(5)6)29(9,10)22-14-12-16-24(26(22)33-20(7)8)35-28(31)18(3)4/h11-16,19-20H,1,3H2,2,4-10H3. The highest BCUT2D eigenvalue weighted by Gasteiger charge is 2.34. The van der Waals surface area contributed by atoms with Crippen LogP contribution in [0.2, 0.25) is 0 Å². The maximum atomic E-state index is 12.3. The Labute approximate surface area is 208 Å². The fourth-order valence-electron chi connectivity index (χ4n) is 3.41. The highest BCUT2D eigenvalue weighted by Crippen LogP contribution is 2.47. The van der Waals surface area contributed by atoms with Crippen LogP contribution < -0.4 is 18.9 Å². The number of ether oxygens (including phenoxy) is 4. The Hall–Kier alpha value is -3.54. The summed E-state index contributed by atoms with van der Waals surface area (Å²) in [5.41, 5.74) is 1.41. The molecule has 0 atom stereocenters. The van der Waals surface area contributed by atoms with Crippen LogP contribution in [-0.2, 0) is 15.0 Å². The van der Waals surface area contributed by atoms with Gasteiger partial charge in [0, 0.05) is 27.7 Å². The Bertz CT molecular complexity index is 1040. The smallest absolute Gasteiger partial charge is 0.338 e. The van der Waals surface area contributed by atoms with Crippen molar-refractivity contribution in [3.63, 3.8) is 0 Å². The fourth-order valence-corrected chi connectivity index (χ4v) is 3.41. The molecule has 0 bridgehead atoms. The lowest BCUT2D eigenvalue weighted by atomic mass is 9.77. The number of hydrogen-bond acceptors (Lipinski definition) is 6. The molecule has 0 aliphatic heterocycles. The summed E-state index contributed by atoms with van der Waals surface area (Å²) in [5, 5.41) is 0. The van der Waals surface area contributed by atoms with E-state index in [1.165, 1.54) is 0 Å². The Morgan fingerprint density at radius 3 is 1.34 bits per heavy atom. The maximum absolute atomic E-state index is 12.3. The molecular weight excluding hydrogens is 444 g/mol. The summed E-state index contributed by atoms with van der Waals surface area (Å²) < 4.78 is 23.5. The van der Waals surface area contributed by atoms with Crippen LogP contribution >= 0.6 is 0 Å². The molecule has 2 rings (SSSR count). The van der Waals surface area contributed by atoms with E-state index >= 15 is 0 Å². The van der Waals surface area contributed by atoms with Gasteiger partial charge in [-0.1, -0.05) is 51.3 Å². The van der Waals surface area contributed by atoms with Gasteiger partial charge >= 0.3 is 11.9 Å². The lowest BCUT2D eigenvalue weighted by molar-refractivity contribution is -0.131. The number of carbonyl (C=O) groups is 2. The molecule has 0 aromatic heterocycles. The van der Waals surface area contributed by atoms with Crippen molar-refractivity contribution in [3.8, 4) is 23.0 Å². The summed E-state index contributed by atoms with van der Waals surface area (Å²) in [6, 6.07) is 10.8. The normalized spacial score (nSPS) is 11.3. The summed E-state index contributed by atoms with van der Waals surface area (Å²) >= 11 is 0. The van der Waals surface area contributed by atoms with Crippen molar-refractivity contribution < 1.29 is 28.5 Å². The van der Waals surface area contributed by atoms with E-state index in [0.29, 0.717) is 23.0 Å². The molecule has 0 saturated carbocycles. The lowest BCUT2D eigenvalue weighted by Gasteiger charge is -2.32. The average molecular weight is 481 g/mol. The van der Waals surface area contributed by atoms with Crippen molar-refractivity contribution in [2.45, 2.75) is 73.0 Å². The van der Waals surface area contributed by atoms with E-state index in [9.17, 15) is 9.59 Å². The van der Waals surface area contributed by atoms with Crippen LogP contribution in [0.4, 0.5) is 0 Å². The molecular formula is C29H36O6. The number of benzene rings is 2. The Morgan fingerprint density at radius 2 is 1.06 bits per heavy atom. The summed E-state index contributed by atoms with van der Waals surface area (Å²) in [7, 11) is 0. The van der Waals surface area contributed by atoms with Gasteiger partial charge in [0.05, 0.1) is 12.2 Å². The molecule has 6 nitrogen and oxygen atoms in total. The van der Waals surface area contributed by atoms with Crippen molar-refractivity contribution in [2.24, 2.45) is 0 Å². The molecule has 0 aliphatic carbocycles. The molecule has 0 N–H and O–H groups in total. The van der Waals surface area contributed by atoms with Crippen LogP contribution in [0, 0.1) is 0 Å². The summed E-state index contributed by atoms with van der Waals surface area (Å²) in [4.78, 5) is 24.6. The highest BCUT2D eigenvalue weighted by molar-refractivity contribution is 5.90. The van der Waals surface area contributed by atoms with Crippen molar-refractivity contribution in [1.82, 2.24) is 0 Å². The maximum Gasteiger partial charge on any atom is 0.338 e. The lowest BCUT2D eigenvalue weighted by Crippen LogP contribution is -2.24. The van der Waals surface area contributed by atoms with E-state index in [2.05, 4.69) is 13.2 Å². The first-order valence-corrected chi connectivity index (χ1v) is 11.6. The van der Waals surface area contributed by atoms with Crippen LogP contribution in [0.3, 0.4) is 0 Å². The summed E-state index contributed by atoms with van der Waals surface area (Å²) in [6.07, 6.45) is -0.355. The third-order valence-electron chi connectivity index (χ3n) is 5.11. The minimum atomic E-state index is -0.703. The van der Waals surface area contributed by atoms with Crippen molar-refractivity contribution >= 4 is 11.9 Å². The zero-order valence-electron chi connectivity index (χ0n) is 22.0. The molecule has 0 aliphatic rings. The number of esters is 2. The van der Waals surface area contributed by atoms with Crippen molar-refractivity contribution in [1.29, 1.82) is 0 Å². The van der Waals surface area contributed by atoms with Gasteiger partial charge in [-0.2, -0.15) is 0 Å². The Kier molecular flexibility index (Phi) is 8.91. The number of para-hydroxylation sites is 2. The fraction of sp³-hybridized carbons (Fsp3) is 0.379. The Morgan fingerprint density at radius 1 is 0.714 bits per heavy atom. The van der Waals surface area contributed by atoms with E-state index in [4.69, 9.17) is 18.9 Å². The van der Waals surface area contributed by atoms with Crippen LogP contribution in [0.1, 0.15) is 66.5 Å². The van der Waals surface area contributed by atoms with Gasteiger partial charge in [-0.15, -0.1) is 0 Å². The van der Waals surface area contributed by atoms with Crippen LogP contribution in [0.15, 0.2) is 60.7 Å². The average Bonchev–Trinajstić information content (AvgIpc) is 2.74. The minimum absolute atomic E-state index is 0.177. The monoisotopic (exact) mass is 480 g/mol. The van der Waals surface area contributed by atoms with Gasteiger partial charge in [0.15, 0.2) is 23.0 Å². The van der Waals surface area contributed by atoms with Gasteiger partial charge in [-0.25, -0.2) is 9.59 Å². The van der Waals surface area contributed by atoms with Crippen LogP contribution in [0.25, 0.3) is 0 Å². The predicted octanol–water partition coefficient (Wildman–Crippen LogP) is 6.55. The molecule has 2 aromatic rings. The third kappa shape index (κ3) is 6.75. The van der Waals surface area contributed by atoms with E-state index in [0.717, 1.165) is 11.1 Å². The van der Waals surface area contributed by atoms with Gasteiger partial charge in [0.1, 0.15) is 0 Å². The molecule has 0 radical (unpaired) electrons. The Balaban J connectivity index is 2.74. The number of hydrogen-bond donors (Lipinski definition) is 0. The topological polar surface area (TPSA) is 71.1 Å². The first-order chi connectivity index (χ1) is 16.2. The molecule has 0 fully saturated rings. The van der Waals surface area contributed by atoms with E-state index in [-0.39, 0.29) is 23.4 Å². The van der Waals surface area contributed by atoms with Gasteiger partial charge < -0.3 is 18.9 Å². The van der Waals surface area contributed by atoms with E-state index in [1.54, 1.807) is 38.1 Å². The molecule has 0 unspecified atom stereocenters. The van der Waals surface area contributed by atoms with Gasteiger partial charge in [0.25, 0.3) is 0 Å². The highest BCUT2D eigenvalue weighted by atomic mass is 16.6. The minimum Gasteiger partial charge on any atom is -0.487 e. The third-order valence-corrected chi connectivity index (χ3v) is 5.11. The van der Waals surface area contributed by atoms with Gasteiger partial charge in [0.2, 0.25) is 0 Å². The van der Waals surface area contributed by atoms with E-state index < -0.39 is 17.4 Å². The number of rotatable bonds is 10. The van der Waals surface area contributed by atoms with Crippen molar-refractivity contribution in [3.05, 3.63) is 71.8 Å². The molecule has 2 aromatic carbocycles. The molecule has 35 heavy (non-hydrogen) atoms. The van der Waals surface area contributed by atoms with Crippen LogP contribution in [-0.4, -0.2) is 24.1 Å². The zero-order valence-corrected chi connectivity index (χ0v) is 22.0. The van der Waals surface area contributed by atoms with Crippen molar-refractivity contribution in [2.75, 3.05) is 0 Å². The summed E-state index contributed by atoms with van der Waals surface area (Å²) in [6.45, 7) is 22.1. The SMILES string of the molecule is C=C(C)C(=O)Oc1cccc(C(C)(C)c2cccc(OC(=O)C(=C)C)c2OC(C)C)c1OC(C)C. The summed E-state index contributed by atoms with van der Waals surface area (Å²) in [5.74, 6) is 0.419. The molecule has 6 heteroatoms. The van der Waals surface area contributed by atoms with Crippen LogP contribution in [0.5, 0.6) is 23.0 Å². The largest absolute Gasteiger partial charge is 0.487 e.